The van der Waals surface area contributed by atoms with E-state index in [4.69, 9.17) is 4.74 Å². The van der Waals surface area contributed by atoms with Gasteiger partial charge >= 0.3 is 6.09 Å². The maximum atomic E-state index is 12.3. The van der Waals surface area contributed by atoms with E-state index in [0.29, 0.717) is 12.1 Å². The Morgan fingerprint density at radius 2 is 1.81 bits per heavy atom. The largest absolute Gasteiger partial charge is 0.444 e. The molecule has 1 saturated heterocycles. The van der Waals surface area contributed by atoms with Gasteiger partial charge in [0, 0.05) is 12.1 Å². The van der Waals surface area contributed by atoms with Gasteiger partial charge in [-0.25, -0.2) is 4.79 Å². The predicted molar refractivity (Wildman–Crippen MR) is 81.4 cm³/mol. The standard InChI is InChI=1S/C17H23NO3/c1-12(19)13-7-9-14(10-8-13)15-6-5-11-18(15)16(20)21-17(2,3)4/h7-10,15H,5-6,11H2,1-4H3. The van der Waals surface area contributed by atoms with Crippen molar-refractivity contribution in [2.75, 3.05) is 6.54 Å². The second kappa shape index (κ2) is 5.88. The lowest BCUT2D eigenvalue weighted by Crippen LogP contribution is -2.36. The molecule has 1 aromatic rings. The number of hydrogen-bond acceptors (Lipinski definition) is 3. The Morgan fingerprint density at radius 3 is 2.33 bits per heavy atom. The first-order valence-corrected chi connectivity index (χ1v) is 7.38. The number of Topliss-reactive ketones (excluding diaryl/α,β-unsaturated/α-hetero) is 1. The Labute approximate surface area is 126 Å². The summed E-state index contributed by atoms with van der Waals surface area (Å²) >= 11 is 0. The van der Waals surface area contributed by atoms with Gasteiger partial charge in [0.05, 0.1) is 6.04 Å². The van der Waals surface area contributed by atoms with Gasteiger partial charge in [0.25, 0.3) is 0 Å². The summed E-state index contributed by atoms with van der Waals surface area (Å²) < 4.78 is 5.47. The normalized spacial score (nSPS) is 18.7. The lowest BCUT2D eigenvalue weighted by atomic mass is 10.0. The third kappa shape index (κ3) is 3.84. The summed E-state index contributed by atoms with van der Waals surface area (Å²) in [4.78, 5) is 25.4. The molecule has 1 aromatic carbocycles. The van der Waals surface area contributed by atoms with Crippen LogP contribution in [-0.2, 0) is 4.74 Å². The first-order chi connectivity index (χ1) is 9.78. The molecule has 0 N–H and O–H groups in total. The highest BCUT2D eigenvalue weighted by atomic mass is 16.6. The van der Waals surface area contributed by atoms with Crippen LogP contribution in [0.3, 0.4) is 0 Å². The van der Waals surface area contributed by atoms with Crippen molar-refractivity contribution in [2.24, 2.45) is 0 Å². The highest BCUT2D eigenvalue weighted by Crippen LogP contribution is 2.33. The van der Waals surface area contributed by atoms with Gasteiger partial charge in [-0.05, 0) is 46.1 Å². The zero-order chi connectivity index (χ0) is 15.6. The summed E-state index contributed by atoms with van der Waals surface area (Å²) in [5, 5.41) is 0. The van der Waals surface area contributed by atoms with Crippen LogP contribution in [-0.4, -0.2) is 28.9 Å². The van der Waals surface area contributed by atoms with E-state index < -0.39 is 5.60 Å². The fraction of sp³-hybridized carbons (Fsp3) is 0.529. The number of nitrogens with zero attached hydrogens (tertiary/aromatic N) is 1. The van der Waals surface area contributed by atoms with Crippen molar-refractivity contribution >= 4 is 11.9 Å². The number of benzene rings is 1. The molecular formula is C17H23NO3. The van der Waals surface area contributed by atoms with Crippen molar-refractivity contribution in [1.29, 1.82) is 0 Å². The lowest BCUT2D eigenvalue weighted by Gasteiger charge is -2.28. The highest BCUT2D eigenvalue weighted by molar-refractivity contribution is 5.94. The van der Waals surface area contributed by atoms with Crippen molar-refractivity contribution in [3.05, 3.63) is 35.4 Å². The molecule has 0 saturated carbocycles. The van der Waals surface area contributed by atoms with Crippen LogP contribution < -0.4 is 0 Å². The van der Waals surface area contributed by atoms with E-state index in [1.165, 1.54) is 0 Å². The summed E-state index contributed by atoms with van der Waals surface area (Å²) in [5.41, 5.74) is 1.27. The van der Waals surface area contributed by atoms with Gasteiger partial charge in [0.1, 0.15) is 5.60 Å². The van der Waals surface area contributed by atoms with Crippen LogP contribution in [0.25, 0.3) is 0 Å². The van der Waals surface area contributed by atoms with Crippen LogP contribution in [0.2, 0.25) is 0 Å². The average molecular weight is 289 g/mol. The fourth-order valence-corrected chi connectivity index (χ4v) is 2.59. The molecule has 0 radical (unpaired) electrons. The Morgan fingerprint density at radius 1 is 1.19 bits per heavy atom. The first-order valence-electron chi connectivity index (χ1n) is 7.38. The van der Waals surface area contributed by atoms with Gasteiger partial charge < -0.3 is 9.64 Å². The number of carbonyl (C=O) groups is 2. The highest BCUT2D eigenvalue weighted by Gasteiger charge is 2.33. The van der Waals surface area contributed by atoms with Gasteiger partial charge in [0.15, 0.2) is 5.78 Å². The molecule has 114 valence electrons. The van der Waals surface area contributed by atoms with Gasteiger partial charge in [-0.3, -0.25) is 4.79 Å². The number of amides is 1. The maximum absolute atomic E-state index is 12.3. The van der Waals surface area contributed by atoms with E-state index in [-0.39, 0.29) is 17.9 Å². The molecule has 1 fully saturated rings. The Bertz CT molecular complexity index is 528. The van der Waals surface area contributed by atoms with E-state index in [0.717, 1.165) is 18.4 Å². The zero-order valence-electron chi connectivity index (χ0n) is 13.2. The van der Waals surface area contributed by atoms with Crippen molar-refractivity contribution < 1.29 is 14.3 Å². The predicted octanol–water partition coefficient (Wildman–Crippen LogP) is 3.96. The van der Waals surface area contributed by atoms with E-state index in [9.17, 15) is 9.59 Å². The van der Waals surface area contributed by atoms with E-state index in [1.54, 1.807) is 11.8 Å². The molecule has 1 aliphatic heterocycles. The van der Waals surface area contributed by atoms with Crippen LogP contribution in [0.15, 0.2) is 24.3 Å². The molecule has 2 rings (SSSR count). The van der Waals surface area contributed by atoms with Gasteiger partial charge in [0.2, 0.25) is 0 Å². The monoisotopic (exact) mass is 289 g/mol. The van der Waals surface area contributed by atoms with Crippen LogP contribution >= 0.6 is 0 Å². The zero-order valence-corrected chi connectivity index (χ0v) is 13.2. The van der Waals surface area contributed by atoms with Crippen LogP contribution in [0.5, 0.6) is 0 Å². The Balaban J connectivity index is 2.14. The molecular weight excluding hydrogens is 266 g/mol. The van der Waals surface area contributed by atoms with Crippen LogP contribution in [0, 0.1) is 0 Å². The lowest BCUT2D eigenvalue weighted by molar-refractivity contribution is 0.0224. The minimum atomic E-state index is -0.483. The topological polar surface area (TPSA) is 46.6 Å². The molecule has 4 heteroatoms. The molecule has 1 atom stereocenters. The second-order valence-corrected chi connectivity index (χ2v) is 6.51. The molecule has 4 nitrogen and oxygen atoms in total. The molecule has 1 aliphatic rings. The molecule has 21 heavy (non-hydrogen) atoms. The van der Waals surface area contributed by atoms with Crippen LogP contribution in [0.4, 0.5) is 4.79 Å². The Kier molecular flexibility index (Phi) is 4.35. The average Bonchev–Trinajstić information content (AvgIpc) is 2.86. The van der Waals surface area contributed by atoms with Crippen LogP contribution in [0.1, 0.15) is 62.5 Å². The Hall–Kier alpha value is -1.84. The quantitative estimate of drug-likeness (QED) is 0.774. The number of ketones is 1. The van der Waals surface area contributed by atoms with E-state index in [1.807, 2.05) is 45.0 Å². The smallest absolute Gasteiger partial charge is 0.410 e. The van der Waals surface area contributed by atoms with Crippen molar-refractivity contribution in [1.82, 2.24) is 4.90 Å². The molecule has 0 spiro atoms. The van der Waals surface area contributed by atoms with Crippen molar-refractivity contribution in [3.8, 4) is 0 Å². The molecule has 0 aliphatic carbocycles. The molecule has 0 bridgehead atoms. The SMILES string of the molecule is CC(=O)c1ccc(C2CCCN2C(=O)OC(C)(C)C)cc1. The minimum absolute atomic E-state index is 0.0425. The van der Waals surface area contributed by atoms with E-state index >= 15 is 0 Å². The van der Waals surface area contributed by atoms with Gasteiger partial charge in [-0.15, -0.1) is 0 Å². The van der Waals surface area contributed by atoms with Gasteiger partial charge in [-0.2, -0.15) is 0 Å². The summed E-state index contributed by atoms with van der Waals surface area (Å²) in [6.07, 6.45) is 1.64. The molecule has 1 unspecified atom stereocenters. The third-order valence-corrected chi connectivity index (χ3v) is 3.58. The minimum Gasteiger partial charge on any atom is -0.444 e. The number of hydrogen-bond donors (Lipinski definition) is 0. The summed E-state index contributed by atoms with van der Waals surface area (Å²) in [7, 11) is 0. The molecule has 1 amide bonds. The fourth-order valence-electron chi connectivity index (χ4n) is 2.59. The van der Waals surface area contributed by atoms with Crippen molar-refractivity contribution in [2.45, 2.75) is 52.2 Å². The summed E-state index contributed by atoms with van der Waals surface area (Å²) in [6, 6.07) is 7.56. The number of ether oxygens (including phenoxy) is 1. The number of rotatable bonds is 2. The maximum Gasteiger partial charge on any atom is 0.410 e. The third-order valence-electron chi connectivity index (χ3n) is 3.58. The summed E-state index contributed by atoms with van der Waals surface area (Å²) in [5.74, 6) is 0.0528. The van der Waals surface area contributed by atoms with E-state index in [2.05, 4.69) is 0 Å². The van der Waals surface area contributed by atoms with Gasteiger partial charge in [-0.1, -0.05) is 24.3 Å². The molecule has 1 heterocycles. The number of likely N-dealkylation sites (tertiary alicyclic amines) is 1. The van der Waals surface area contributed by atoms with Crippen molar-refractivity contribution in [3.63, 3.8) is 0 Å². The first kappa shape index (κ1) is 15.5. The summed E-state index contributed by atoms with van der Waals surface area (Å²) in [6.45, 7) is 7.89. The number of carbonyl (C=O) groups excluding carboxylic acids is 2. The molecule has 0 aromatic heterocycles. The second-order valence-electron chi connectivity index (χ2n) is 6.51.